The molecule has 126 heavy (non-hydrogen) atoms. The Hall–Kier alpha value is -11.0. The molecule has 0 heterocycles. The number of nitrogens with one attached hydrogen (secondary N) is 1. The average molecular weight is 1760 g/mol. The summed E-state index contributed by atoms with van der Waals surface area (Å²) in [5.41, 5.74) is 8.71. The van der Waals surface area contributed by atoms with Gasteiger partial charge in [0.15, 0.2) is 18.3 Å². The van der Waals surface area contributed by atoms with E-state index in [1.54, 1.807) is 128 Å². The molecule has 25 nitrogen and oxygen atoms in total. The number of hydrogen-bond donors (Lipinski definition) is 8. The third-order valence-electron chi connectivity index (χ3n) is 17.0. The number of rotatable bonds is 43. The predicted octanol–water partition coefficient (Wildman–Crippen LogP) is 20.8. The number of amides is 1. The summed E-state index contributed by atoms with van der Waals surface area (Å²) >= 11 is 0. The van der Waals surface area contributed by atoms with Crippen molar-refractivity contribution >= 4 is 11.9 Å². The monoisotopic (exact) mass is 1760 g/mol. The molecule has 1 unspecified atom stereocenters. The quantitative estimate of drug-likeness (QED) is 0.0130. The largest absolute Gasteiger partial charge is 0.508 e. The van der Waals surface area contributed by atoms with Crippen molar-refractivity contribution in [3.05, 3.63) is 244 Å². The maximum absolute atomic E-state index is 10.5. The van der Waals surface area contributed by atoms with Crippen molar-refractivity contribution in [2.75, 3.05) is 129 Å². The number of aliphatic hydroxyl groups is 1. The van der Waals surface area contributed by atoms with Crippen molar-refractivity contribution < 1.29 is 116 Å². The lowest BCUT2D eigenvalue weighted by Crippen LogP contribution is -2.20. The molecule has 1 amide bonds. The van der Waals surface area contributed by atoms with Gasteiger partial charge >= 0.3 is 5.97 Å². The number of para-hydroxylation sites is 2. The standard InChI is InChI=1S/C12H18O3.2C11H16O3.C11H14O3.C11H16O2.C10H14O3.2C10H14O2.C9H12O2.C6H13NO/c1-4-10-5-6-11(9-12(10)14-3)15-8-7-13-2;1-3-9-4-5-10(14-7-6-12)8-11(9)13-2;1-3-9-5-4-6-10(11(9)12)14-8-7-13-2;1-2-7-14-8-9-3-5-10(6-4-9)11(12)13;1-3-8-13-9(2)10-4-6-11(12)7-5-10;1-8-4-5-9(13-7-11-2)6-10(8)12-3;1-2-7-12-8-9-3-5-10(11)6-4-9;1-2-7-12-8-9-5-3-4-6-10(9)11;1-2-6-11-9-5-3-4-8(10)7-9;1-3-4-5-7-6(2)8/h5-6,9H,4,7-8H2,1-3H3;4-5,8,12H,3,6-7H2,1-2H3;4-6,12H,3,7-8H2,1-2H3;3-6H,2,7-8H2,1H3,(H,12,13);4-7,9,12H,3,8H2,1-2H3;4-6H,7H2,1-3H3;2*3-6,11H,2,7-8H2,1H3;3-5,7,10H,2,6H2,1H3;3-5H2,1-2H3,(H,7,8). The number of phenols is 5. The Kier molecular flexibility index (Phi) is 69.8. The van der Waals surface area contributed by atoms with E-state index < -0.39 is 5.97 Å². The van der Waals surface area contributed by atoms with E-state index in [2.05, 4.69) is 46.9 Å². The SMILES string of the molecule is CCCCNC(C)=O.CCCOC(C)c1ccc(O)cc1.CCCOCc1ccc(C(=O)O)cc1.CCCOCc1ccc(O)cc1.CCCOCc1ccccc1O.CCCOc1cccc(O)c1.CCc1ccc(OCCO)cc1OC.CCc1ccc(OCCOC)cc1OC.CCc1cccc(OCCOC)c1O.COCOc1ccc(C)c(OC)c1. The third-order valence-corrected chi connectivity index (χ3v) is 17.0. The highest BCUT2D eigenvalue weighted by atomic mass is 16.7. The predicted molar refractivity (Wildman–Crippen MR) is 499 cm³/mol. The number of unbranched alkanes of at least 4 members (excludes halogenated alkanes) is 1. The fraction of sp³-hybridized carbons (Fsp3) is 0.446. The number of benzene rings is 9. The number of carboxylic acids is 1. The van der Waals surface area contributed by atoms with Gasteiger partial charge in [-0.1, -0.05) is 160 Å². The Bertz CT molecular complexity index is 4150. The first-order chi connectivity index (χ1) is 60.9. The van der Waals surface area contributed by atoms with Crippen LogP contribution < -0.4 is 43.2 Å². The van der Waals surface area contributed by atoms with Gasteiger partial charge in [-0.2, -0.15) is 0 Å². The van der Waals surface area contributed by atoms with Gasteiger partial charge in [0.1, 0.15) is 83.1 Å². The van der Waals surface area contributed by atoms with Crippen LogP contribution in [-0.2, 0) is 77.0 Å². The van der Waals surface area contributed by atoms with Gasteiger partial charge in [-0.25, -0.2) is 4.79 Å². The first-order valence-electron chi connectivity index (χ1n) is 43.0. The lowest BCUT2D eigenvalue weighted by molar-refractivity contribution is -0.118. The van der Waals surface area contributed by atoms with Crippen molar-refractivity contribution in [2.24, 2.45) is 0 Å². The van der Waals surface area contributed by atoms with Gasteiger partial charge in [0.2, 0.25) is 5.91 Å². The minimum absolute atomic E-state index is 0.0256. The first-order valence-corrected chi connectivity index (χ1v) is 43.0. The topological polar surface area (TPSA) is 326 Å². The average Bonchev–Trinajstić information content (AvgIpc) is 0.872. The Morgan fingerprint density at radius 2 is 0.849 bits per heavy atom. The molecule has 9 aromatic rings. The van der Waals surface area contributed by atoms with Crippen molar-refractivity contribution in [1.29, 1.82) is 0 Å². The van der Waals surface area contributed by atoms with Gasteiger partial charge in [0, 0.05) is 91.1 Å². The highest BCUT2D eigenvalue weighted by molar-refractivity contribution is 5.87. The van der Waals surface area contributed by atoms with Crippen molar-refractivity contribution in [1.82, 2.24) is 5.32 Å². The molecule has 0 bridgehead atoms. The van der Waals surface area contributed by atoms with Gasteiger partial charge in [0.05, 0.1) is 79.2 Å². The van der Waals surface area contributed by atoms with Crippen LogP contribution in [0.1, 0.15) is 182 Å². The molecule has 700 valence electrons. The van der Waals surface area contributed by atoms with E-state index in [0.29, 0.717) is 88.0 Å². The van der Waals surface area contributed by atoms with Crippen LogP contribution in [0.3, 0.4) is 0 Å². The zero-order valence-corrected chi connectivity index (χ0v) is 78.0. The van der Waals surface area contributed by atoms with Gasteiger partial charge < -0.3 is 112 Å². The van der Waals surface area contributed by atoms with Crippen LogP contribution in [0.5, 0.6) is 74.7 Å². The molecule has 0 radical (unpaired) electrons. The summed E-state index contributed by atoms with van der Waals surface area (Å²) in [6.45, 7) is 33.1. The second-order valence-corrected chi connectivity index (χ2v) is 27.5. The molecule has 25 heteroatoms. The Morgan fingerprint density at radius 1 is 0.389 bits per heavy atom. The minimum Gasteiger partial charge on any atom is -0.508 e. The van der Waals surface area contributed by atoms with Gasteiger partial charge in [0.25, 0.3) is 0 Å². The van der Waals surface area contributed by atoms with Crippen LogP contribution in [-0.4, -0.2) is 176 Å². The van der Waals surface area contributed by atoms with Crippen molar-refractivity contribution in [2.45, 2.75) is 173 Å². The summed E-state index contributed by atoms with van der Waals surface area (Å²) in [6, 6.07) is 57.8. The molecule has 0 saturated carbocycles. The number of aliphatic hydroxyl groups excluding tert-OH is 1. The summed E-state index contributed by atoms with van der Waals surface area (Å²) < 4.78 is 78.3. The van der Waals surface area contributed by atoms with Crippen LogP contribution in [0.2, 0.25) is 0 Å². The zero-order valence-electron chi connectivity index (χ0n) is 78.0. The number of aromatic hydroxyl groups is 5. The molecule has 1 atom stereocenters. The second kappa shape index (κ2) is 76.4. The molecule has 0 aliphatic carbocycles. The molecule has 0 aliphatic rings. The maximum atomic E-state index is 10.5. The van der Waals surface area contributed by atoms with Crippen LogP contribution in [0.25, 0.3) is 0 Å². The van der Waals surface area contributed by atoms with E-state index in [-0.39, 0.29) is 36.9 Å². The highest BCUT2D eigenvalue weighted by Crippen LogP contribution is 2.31. The molecule has 0 aromatic heterocycles. The number of aromatic carboxylic acids is 1. The molecule has 8 N–H and O–H groups in total. The van der Waals surface area contributed by atoms with Crippen molar-refractivity contribution in [3.8, 4) is 74.7 Å². The Labute approximate surface area is 750 Å². The van der Waals surface area contributed by atoms with E-state index in [4.69, 9.17) is 96.6 Å². The number of aryl methyl sites for hydroxylation is 4. The summed E-state index contributed by atoms with van der Waals surface area (Å²) in [5, 5.41) is 66.1. The number of phenolic OH excluding ortho intramolecular Hbond substituents is 5. The van der Waals surface area contributed by atoms with E-state index >= 15 is 0 Å². The molecule has 0 spiro atoms. The third kappa shape index (κ3) is 56.1. The first kappa shape index (κ1) is 115. The summed E-state index contributed by atoms with van der Waals surface area (Å²) in [5.74, 6) is 6.68. The lowest BCUT2D eigenvalue weighted by atomic mass is 10.1. The number of carboxylic acid groups (broad SMARTS) is 1. The number of carbonyl (C=O) groups excluding carboxylic acids is 1. The Balaban J connectivity index is 0.00000138. The zero-order chi connectivity index (χ0) is 93.8. The van der Waals surface area contributed by atoms with Crippen LogP contribution in [0.15, 0.2) is 194 Å². The highest BCUT2D eigenvalue weighted by Gasteiger charge is 2.10. The number of methoxy groups -OCH3 is 6. The molecular formula is C101H147NO24. The molecule has 0 saturated heterocycles. The van der Waals surface area contributed by atoms with Gasteiger partial charge in [-0.05, 0) is 189 Å². The number of carbonyl (C=O) groups is 2. The molecular weight excluding hydrogens is 1610 g/mol. The van der Waals surface area contributed by atoms with Crippen LogP contribution in [0.4, 0.5) is 0 Å². The molecule has 0 aliphatic heterocycles. The summed E-state index contributed by atoms with van der Waals surface area (Å²) in [6.07, 6.45) is 10.1. The normalized spacial score (nSPS) is 10.2. The van der Waals surface area contributed by atoms with Crippen LogP contribution in [0, 0.1) is 6.92 Å². The number of ether oxygens (including phenoxy) is 15. The summed E-state index contributed by atoms with van der Waals surface area (Å²) in [4.78, 5) is 20.7. The smallest absolute Gasteiger partial charge is 0.335 e. The molecule has 0 fully saturated rings. The summed E-state index contributed by atoms with van der Waals surface area (Å²) in [7, 11) is 9.82. The number of hydrogen-bond acceptors (Lipinski definition) is 23. The van der Waals surface area contributed by atoms with E-state index in [1.165, 1.54) is 12.5 Å². The van der Waals surface area contributed by atoms with E-state index in [9.17, 15) is 19.8 Å². The fourth-order valence-electron chi connectivity index (χ4n) is 10.2. The molecule has 9 rings (SSSR count). The Morgan fingerprint density at radius 3 is 1.33 bits per heavy atom. The minimum atomic E-state index is -0.897. The molecule has 9 aromatic carbocycles. The van der Waals surface area contributed by atoms with Crippen LogP contribution >= 0.6 is 0 Å². The van der Waals surface area contributed by atoms with E-state index in [0.717, 1.165) is 176 Å². The fourth-order valence-corrected chi connectivity index (χ4v) is 10.2. The van der Waals surface area contributed by atoms with E-state index in [1.807, 2.05) is 144 Å². The van der Waals surface area contributed by atoms with Gasteiger partial charge in [-0.3, -0.25) is 4.79 Å². The second-order valence-electron chi connectivity index (χ2n) is 27.5. The maximum Gasteiger partial charge on any atom is 0.335 e. The lowest BCUT2D eigenvalue weighted by Gasteiger charge is -2.12. The van der Waals surface area contributed by atoms with Crippen molar-refractivity contribution in [3.63, 3.8) is 0 Å². The van der Waals surface area contributed by atoms with Gasteiger partial charge in [-0.15, -0.1) is 0 Å².